The molecule has 0 saturated carbocycles. The summed E-state index contributed by atoms with van der Waals surface area (Å²) in [7, 11) is -3.01. The smallest absolute Gasteiger partial charge is 0.319 e. The van der Waals surface area contributed by atoms with Crippen molar-refractivity contribution in [3.63, 3.8) is 0 Å². The Bertz CT molecular complexity index is 2250. The number of benzene rings is 5. The van der Waals surface area contributed by atoms with Crippen molar-refractivity contribution in [2.75, 3.05) is 37.7 Å². The molecule has 1 aliphatic rings. The Hall–Kier alpha value is -5.09. The van der Waals surface area contributed by atoms with Crippen molar-refractivity contribution in [3.05, 3.63) is 132 Å². The largest absolute Gasteiger partial charge is 0.534 e. The number of aliphatic hydroxyl groups is 1. The maximum absolute atomic E-state index is 17.1. The van der Waals surface area contributed by atoms with E-state index in [1.807, 2.05) is 53.4 Å². The Morgan fingerprint density at radius 2 is 1.50 bits per heavy atom. The van der Waals surface area contributed by atoms with Crippen LogP contribution in [0.15, 0.2) is 122 Å². The van der Waals surface area contributed by atoms with Crippen LogP contribution in [0.5, 0.6) is 5.75 Å². The van der Waals surface area contributed by atoms with Crippen LogP contribution in [0, 0.1) is 5.82 Å². The minimum Gasteiger partial charge on any atom is -0.534 e. The normalized spacial score (nSPS) is 13.8. The summed E-state index contributed by atoms with van der Waals surface area (Å²) in [6.45, 7) is 11.7. The highest BCUT2D eigenvalue weighted by Gasteiger charge is 2.52. The van der Waals surface area contributed by atoms with Crippen molar-refractivity contribution in [2.45, 2.75) is 25.8 Å². The Kier molecular flexibility index (Phi) is 9.60. The van der Waals surface area contributed by atoms with E-state index in [0.29, 0.717) is 48.7 Å². The molecule has 0 spiro atoms. The first kappa shape index (κ1) is 35.3. The summed E-state index contributed by atoms with van der Waals surface area (Å²) >= 11 is 7.09. The SMILES string of the molecule is C=C(CO)C(=O)N1CCN(c2ncnc3c(F)c(-c4cc(O[Si](c5ccccc5)(c5ccccc5)C(C)(C)C)cc5ccccc45)c(Cl)cc23)CC1. The predicted molar refractivity (Wildman–Crippen MR) is 211 cm³/mol. The molecule has 0 unspecified atom stereocenters. The Morgan fingerprint density at radius 3 is 2.12 bits per heavy atom. The summed E-state index contributed by atoms with van der Waals surface area (Å²) in [5.41, 5.74) is 1.14. The van der Waals surface area contributed by atoms with Crippen molar-refractivity contribution in [1.82, 2.24) is 14.9 Å². The average molecular weight is 731 g/mol. The maximum atomic E-state index is 17.1. The van der Waals surface area contributed by atoms with Crippen LogP contribution in [0.1, 0.15) is 20.8 Å². The highest BCUT2D eigenvalue weighted by molar-refractivity contribution is 7.00. The Morgan fingerprint density at radius 1 is 0.885 bits per heavy atom. The van der Waals surface area contributed by atoms with Crippen molar-refractivity contribution in [1.29, 1.82) is 0 Å². The fourth-order valence-corrected chi connectivity index (χ4v) is 12.1. The zero-order valence-corrected chi connectivity index (χ0v) is 31.2. The van der Waals surface area contributed by atoms with Crippen LogP contribution >= 0.6 is 11.6 Å². The molecule has 0 atom stereocenters. The number of rotatable bonds is 8. The van der Waals surface area contributed by atoms with E-state index in [1.165, 1.54) is 6.33 Å². The van der Waals surface area contributed by atoms with Crippen LogP contribution < -0.4 is 19.7 Å². The number of carbonyl (C=O) groups excluding carboxylic acids is 1. The first-order valence-corrected chi connectivity index (χ1v) is 19.6. The number of aliphatic hydroxyl groups excluding tert-OH is 1. The van der Waals surface area contributed by atoms with Gasteiger partial charge in [0.2, 0.25) is 0 Å². The van der Waals surface area contributed by atoms with E-state index in [4.69, 9.17) is 16.0 Å². The molecule has 5 aromatic carbocycles. The quantitative estimate of drug-likeness (QED) is 0.130. The summed E-state index contributed by atoms with van der Waals surface area (Å²) < 4.78 is 24.5. The van der Waals surface area contributed by atoms with Crippen LogP contribution in [0.2, 0.25) is 10.1 Å². The molecule has 0 bridgehead atoms. The summed E-state index contributed by atoms with van der Waals surface area (Å²) in [6, 6.07) is 34.4. The van der Waals surface area contributed by atoms with Gasteiger partial charge in [-0.05, 0) is 49.9 Å². The van der Waals surface area contributed by atoms with Crippen molar-refractivity contribution in [3.8, 4) is 16.9 Å². The zero-order chi connectivity index (χ0) is 36.6. The van der Waals surface area contributed by atoms with E-state index in [1.54, 1.807) is 11.0 Å². The van der Waals surface area contributed by atoms with Crippen molar-refractivity contribution >= 4 is 63.7 Å². The molecule has 1 fully saturated rings. The molecule has 1 amide bonds. The number of hydrogen-bond acceptors (Lipinski definition) is 6. The molecule has 264 valence electrons. The number of carbonyl (C=O) groups is 1. The fourth-order valence-electron chi connectivity index (χ4n) is 7.40. The lowest BCUT2D eigenvalue weighted by Crippen LogP contribution is -2.68. The van der Waals surface area contributed by atoms with Gasteiger partial charge in [0.25, 0.3) is 5.91 Å². The molecular weight excluding hydrogens is 691 g/mol. The number of piperazine rings is 1. The van der Waals surface area contributed by atoms with Crippen LogP contribution in [0.3, 0.4) is 0 Å². The lowest BCUT2D eigenvalue weighted by molar-refractivity contribution is -0.127. The number of halogens is 2. The lowest BCUT2D eigenvalue weighted by Gasteiger charge is -2.43. The first-order chi connectivity index (χ1) is 25.0. The monoisotopic (exact) mass is 730 g/mol. The van der Waals surface area contributed by atoms with Gasteiger partial charge >= 0.3 is 8.32 Å². The van der Waals surface area contributed by atoms with E-state index in [0.717, 1.165) is 21.1 Å². The van der Waals surface area contributed by atoms with Crippen LogP contribution in [0.25, 0.3) is 32.8 Å². The first-order valence-electron chi connectivity index (χ1n) is 17.3. The second kappa shape index (κ2) is 14.1. The average Bonchev–Trinajstić information content (AvgIpc) is 3.16. The van der Waals surface area contributed by atoms with Crippen LogP contribution in [-0.4, -0.2) is 67.0 Å². The third-order valence-corrected chi connectivity index (χ3v) is 15.2. The molecule has 1 aliphatic heterocycles. The van der Waals surface area contributed by atoms with Crippen LogP contribution in [0.4, 0.5) is 10.2 Å². The number of nitrogens with zero attached hydrogens (tertiary/aromatic N) is 4. The molecule has 7 rings (SSSR count). The lowest BCUT2D eigenvalue weighted by atomic mass is 9.96. The molecular formula is C42H40ClFN4O3Si. The minimum absolute atomic E-state index is 0.149. The second-order valence-electron chi connectivity index (χ2n) is 14.1. The van der Waals surface area contributed by atoms with Crippen molar-refractivity contribution in [2.24, 2.45) is 0 Å². The van der Waals surface area contributed by atoms with Gasteiger partial charge in [0.1, 0.15) is 23.4 Å². The third kappa shape index (κ3) is 6.23. The molecule has 1 saturated heterocycles. The maximum Gasteiger partial charge on any atom is 0.319 e. The van der Waals surface area contributed by atoms with Gasteiger partial charge in [0.05, 0.1) is 11.6 Å². The van der Waals surface area contributed by atoms with E-state index >= 15 is 4.39 Å². The number of anilines is 1. The number of aromatic nitrogens is 2. The summed E-state index contributed by atoms with van der Waals surface area (Å²) in [5.74, 6) is 0.339. The summed E-state index contributed by atoms with van der Waals surface area (Å²) in [4.78, 5) is 25.2. The van der Waals surface area contributed by atoms with Gasteiger partial charge in [-0.25, -0.2) is 14.4 Å². The van der Waals surface area contributed by atoms with Gasteiger partial charge in [-0.1, -0.05) is 124 Å². The van der Waals surface area contributed by atoms with Gasteiger partial charge in [-0.15, -0.1) is 0 Å². The summed E-state index contributed by atoms with van der Waals surface area (Å²) in [5, 5.41) is 13.8. The topological polar surface area (TPSA) is 78.8 Å². The Balaban J connectivity index is 1.35. The number of fused-ring (bicyclic) bond motifs is 2. The van der Waals surface area contributed by atoms with E-state index in [-0.39, 0.29) is 39.2 Å². The van der Waals surface area contributed by atoms with Gasteiger partial charge in [-0.2, -0.15) is 0 Å². The van der Waals surface area contributed by atoms with Crippen molar-refractivity contribution < 1.29 is 18.7 Å². The minimum atomic E-state index is -3.01. The van der Waals surface area contributed by atoms with Gasteiger partial charge in [0.15, 0.2) is 5.82 Å². The Labute approximate surface area is 309 Å². The van der Waals surface area contributed by atoms with Gasteiger partial charge in [0, 0.05) is 42.7 Å². The van der Waals surface area contributed by atoms with E-state index in [2.05, 4.69) is 85.8 Å². The number of amides is 1. The molecule has 10 heteroatoms. The molecule has 1 N–H and O–H groups in total. The molecule has 6 aromatic rings. The predicted octanol–water partition coefficient (Wildman–Crippen LogP) is 7.38. The highest BCUT2D eigenvalue weighted by Crippen LogP contribution is 2.44. The molecule has 52 heavy (non-hydrogen) atoms. The summed E-state index contributed by atoms with van der Waals surface area (Å²) in [6.07, 6.45) is 1.37. The molecule has 0 aliphatic carbocycles. The van der Waals surface area contributed by atoms with E-state index < -0.39 is 14.1 Å². The third-order valence-electron chi connectivity index (χ3n) is 9.95. The molecule has 7 nitrogen and oxygen atoms in total. The fraction of sp³-hybridized carbons (Fsp3) is 0.214. The highest BCUT2D eigenvalue weighted by atomic mass is 35.5. The molecule has 0 radical (unpaired) electrons. The molecule has 2 heterocycles. The van der Waals surface area contributed by atoms with Gasteiger partial charge < -0.3 is 19.3 Å². The second-order valence-corrected chi connectivity index (χ2v) is 18.8. The number of hydrogen-bond donors (Lipinski definition) is 1. The van der Waals surface area contributed by atoms with Gasteiger partial charge in [-0.3, -0.25) is 4.79 Å². The molecule has 1 aromatic heterocycles. The van der Waals surface area contributed by atoms with E-state index in [9.17, 15) is 9.90 Å². The zero-order valence-electron chi connectivity index (χ0n) is 29.4. The van der Waals surface area contributed by atoms with Crippen LogP contribution in [-0.2, 0) is 4.79 Å². The standard InChI is InChI=1S/C42H40ClFN4O3Si/c1-28(26-49)41(50)48-21-19-47(20-22-48)40-35-25-36(43)37(38(44)39(35)45-27-46-40)34-24-30(23-29-13-11-12-18-33(29)34)51-52(42(2,3)4,31-14-7-5-8-15-31)32-16-9-6-10-17-32/h5-18,23-25,27,49H,1,19-22,26H2,2-4H3.